The molecular weight excluding hydrogens is 374 g/mol. The van der Waals surface area contributed by atoms with Crippen molar-refractivity contribution in [2.24, 2.45) is 0 Å². The van der Waals surface area contributed by atoms with Gasteiger partial charge in [0.1, 0.15) is 5.15 Å². The average molecular weight is 394 g/mol. The van der Waals surface area contributed by atoms with Crippen LogP contribution in [0.1, 0.15) is 21.5 Å². The van der Waals surface area contributed by atoms with Gasteiger partial charge in [-0.2, -0.15) is 4.31 Å². The first-order valence-corrected chi connectivity index (χ1v) is 10.1. The molecule has 0 N–H and O–H groups in total. The smallest absolute Gasteiger partial charge is 0.254 e. The number of aryl methyl sites for hydroxylation is 2. The maximum atomic E-state index is 12.9. The second-order valence-electron chi connectivity index (χ2n) is 6.33. The molecule has 3 rings (SSSR count). The van der Waals surface area contributed by atoms with Crippen LogP contribution < -0.4 is 0 Å². The third kappa shape index (κ3) is 3.75. The van der Waals surface area contributed by atoms with Gasteiger partial charge >= 0.3 is 0 Å². The molecule has 0 saturated carbocycles. The van der Waals surface area contributed by atoms with Gasteiger partial charge in [-0.25, -0.2) is 13.4 Å². The molecule has 26 heavy (non-hydrogen) atoms. The van der Waals surface area contributed by atoms with Gasteiger partial charge in [-0.05, 0) is 37.6 Å². The van der Waals surface area contributed by atoms with Gasteiger partial charge in [-0.15, -0.1) is 0 Å². The van der Waals surface area contributed by atoms with Gasteiger partial charge in [0, 0.05) is 37.9 Å². The molecule has 1 fully saturated rings. The normalized spacial score (nSPS) is 15.9. The minimum Gasteiger partial charge on any atom is -0.336 e. The molecule has 0 radical (unpaired) electrons. The molecule has 2 heterocycles. The standard InChI is InChI=1S/C18H20ClN3O3S/c1-13-3-4-16(14(2)11-13)26(24,25)22-9-7-21(8-10-22)18(23)15-5-6-20-17(19)12-15/h3-6,11-12H,7-10H2,1-2H3. The van der Waals surface area contributed by atoms with E-state index in [9.17, 15) is 13.2 Å². The van der Waals surface area contributed by atoms with Gasteiger partial charge in [0.05, 0.1) is 4.90 Å². The lowest BCUT2D eigenvalue weighted by molar-refractivity contribution is 0.0697. The second-order valence-corrected chi connectivity index (χ2v) is 8.63. The van der Waals surface area contributed by atoms with Crippen LogP contribution in [0.2, 0.25) is 5.15 Å². The first kappa shape index (κ1) is 18.8. The van der Waals surface area contributed by atoms with E-state index in [1.807, 2.05) is 13.0 Å². The number of rotatable bonds is 3. The quantitative estimate of drug-likeness (QED) is 0.751. The van der Waals surface area contributed by atoms with E-state index in [1.165, 1.54) is 16.6 Å². The molecule has 1 aromatic heterocycles. The Bertz CT molecular complexity index is 938. The Morgan fingerprint density at radius 2 is 1.77 bits per heavy atom. The molecule has 2 aromatic rings. The van der Waals surface area contributed by atoms with E-state index in [-0.39, 0.29) is 24.1 Å². The summed E-state index contributed by atoms with van der Waals surface area (Å²) in [6.07, 6.45) is 1.48. The van der Waals surface area contributed by atoms with Gasteiger partial charge in [0.15, 0.2) is 0 Å². The van der Waals surface area contributed by atoms with Crippen molar-refractivity contribution < 1.29 is 13.2 Å². The van der Waals surface area contributed by atoms with Crippen LogP contribution in [-0.4, -0.2) is 54.7 Å². The number of sulfonamides is 1. The Hall–Kier alpha value is -1.96. The fourth-order valence-electron chi connectivity index (χ4n) is 3.08. The third-order valence-electron chi connectivity index (χ3n) is 4.45. The van der Waals surface area contributed by atoms with E-state index in [0.717, 1.165) is 11.1 Å². The van der Waals surface area contributed by atoms with Crippen LogP contribution in [0.3, 0.4) is 0 Å². The van der Waals surface area contributed by atoms with E-state index >= 15 is 0 Å². The molecule has 1 saturated heterocycles. The highest BCUT2D eigenvalue weighted by molar-refractivity contribution is 7.89. The highest BCUT2D eigenvalue weighted by Crippen LogP contribution is 2.22. The molecule has 1 aliphatic rings. The lowest BCUT2D eigenvalue weighted by atomic mass is 10.2. The maximum absolute atomic E-state index is 12.9. The summed E-state index contributed by atoms with van der Waals surface area (Å²) in [7, 11) is -3.57. The molecule has 138 valence electrons. The van der Waals surface area contributed by atoms with Crippen LogP contribution in [0.15, 0.2) is 41.4 Å². The zero-order chi connectivity index (χ0) is 18.9. The Morgan fingerprint density at radius 3 is 2.38 bits per heavy atom. The summed E-state index contributed by atoms with van der Waals surface area (Å²) in [6.45, 7) is 4.93. The molecule has 1 aromatic carbocycles. The Labute approximate surface area is 158 Å². The Kier molecular flexibility index (Phi) is 5.32. The molecule has 8 heteroatoms. The minimum absolute atomic E-state index is 0.169. The van der Waals surface area contributed by atoms with Crippen LogP contribution in [0.5, 0.6) is 0 Å². The number of nitrogens with zero attached hydrogens (tertiary/aromatic N) is 3. The van der Waals surface area contributed by atoms with Crippen LogP contribution >= 0.6 is 11.6 Å². The molecule has 0 bridgehead atoms. The van der Waals surface area contributed by atoms with Crippen molar-refractivity contribution in [3.05, 3.63) is 58.4 Å². The SMILES string of the molecule is Cc1ccc(S(=O)(=O)N2CCN(C(=O)c3ccnc(Cl)c3)CC2)c(C)c1. The Morgan fingerprint density at radius 1 is 1.08 bits per heavy atom. The van der Waals surface area contributed by atoms with Crippen LogP contribution in [0.25, 0.3) is 0 Å². The van der Waals surface area contributed by atoms with E-state index in [1.54, 1.807) is 30.0 Å². The molecule has 6 nitrogen and oxygen atoms in total. The summed E-state index contributed by atoms with van der Waals surface area (Å²) < 4.78 is 27.3. The lowest BCUT2D eigenvalue weighted by Gasteiger charge is -2.34. The van der Waals surface area contributed by atoms with Crippen molar-refractivity contribution >= 4 is 27.5 Å². The van der Waals surface area contributed by atoms with Crippen LogP contribution in [0, 0.1) is 13.8 Å². The first-order valence-electron chi connectivity index (χ1n) is 8.27. The molecule has 1 aliphatic heterocycles. The number of benzene rings is 1. The molecular formula is C18H20ClN3O3S. The lowest BCUT2D eigenvalue weighted by Crippen LogP contribution is -2.50. The van der Waals surface area contributed by atoms with Crippen molar-refractivity contribution in [3.63, 3.8) is 0 Å². The summed E-state index contributed by atoms with van der Waals surface area (Å²) in [5, 5.41) is 0.256. The average Bonchev–Trinajstić information content (AvgIpc) is 2.61. The largest absolute Gasteiger partial charge is 0.336 e. The summed E-state index contributed by atoms with van der Waals surface area (Å²) in [5.41, 5.74) is 2.21. The third-order valence-corrected chi connectivity index (χ3v) is 6.71. The van der Waals surface area contributed by atoms with Gasteiger partial charge in [-0.1, -0.05) is 29.3 Å². The number of amides is 1. The monoisotopic (exact) mass is 393 g/mol. The zero-order valence-corrected chi connectivity index (χ0v) is 16.2. The fourth-order valence-corrected chi connectivity index (χ4v) is 4.88. The van der Waals surface area contributed by atoms with E-state index in [0.29, 0.717) is 23.5 Å². The Balaban J connectivity index is 1.72. The predicted molar refractivity (Wildman–Crippen MR) is 99.8 cm³/mol. The van der Waals surface area contributed by atoms with Crippen molar-refractivity contribution in [2.45, 2.75) is 18.7 Å². The fraction of sp³-hybridized carbons (Fsp3) is 0.333. The van der Waals surface area contributed by atoms with E-state index < -0.39 is 10.0 Å². The first-order chi connectivity index (χ1) is 12.3. The molecule has 0 atom stereocenters. The summed E-state index contributed by atoms with van der Waals surface area (Å²) in [5.74, 6) is -0.169. The molecule has 0 unspecified atom stereocenters. The summed E-state index contributed by atoms with van der Waals surface area (Å²) in [6, 6.07) is 8.43. The van der Waals surface area contributed by atoms with Crippen LogP contribution in [-0.2, 0) is 10.0 Å². The molecule has 1 amide bonds. The number of hydrogen-bond donors (Lipinski definition) is 0. The number of hydrogen-bond acceptors (Lipinski definition) is 4. The van der Waals surface area contributed by atoms with Crippen molar-refractivity contribution in [3.8, 4) is 0 Å². The van der Waals surface area contributed by atoms with Gasteiger partial charge < -0.3 is 4.90 Å². The highest BCUT2D eigenvalue weighted by atomic mass is 35.5. The predicted octanol–water partition coefficient (Wildman–Crippen LogP) is 2.50. The number of aromatic nitrogens is 1. The van der Waals surface area contributed by atoms with Crippen molar-refractivity contribution in [2.75, 3.05) is 26.2 Å². The summed E-state index contributed by atoms with van der Waals surface area (Å²) >= 11 is 5.84. The zero-order valence-electron chi connectivity index (χ0n) is 14.6. The minimum atomic E-state index is -3.57. The topological polar surface area (TPSA) is 70.6 Å². The number of pyridine rings is 1. The second kappa shape index (κ2) is 7.34. The number of piperazine rings is 1. The van der Waals surface area contributed by atoms with Gasteiger partial charge in [0.25, 0.3) is 5.91 Å². The van der Waals surface area contributed by atoms with Crippen molar-refractivity contribution in [1.82, 2.24) is 14.2 Å². The number of carbonyl (C=O) groups excluding carboxylic acids is 1. The number of carbonyl (C=O) groups is 1. The summed E-state index contributed by atoms with van der Waals surface area (Å²) in [4.78, 5) is 18.4. The molecule has 0 spiro atoms. The van der Waals surface area contributed by atoms with Gasteiger partial charge in [-0.3, -0.25) is 4.79 Å². The molecule has 0 aliphatic carbocycles. The van der Waals surface area contributed by atoms with Crippen LogP contribution in [0.4, 0.5) is 0 Å². The number of halogens is 1. The van der Waals surface area contributed by atoms with Crippen molar-refractivity contribution in [1.29, 1.82) is 0 Å². The van der Waals surface area contributed by atoms with E-state index in [2.05, 4.69) is 4.98 Å². The van der Waals surface area contributed by atoms with E-state index in [4.69, 9.17) is 11.6 Å². The highest BCUT2D eigenvalue weighted by Gasteiger charge is 2.31. The maximum Gasteiger partial charge on any atom is 0.254 e. The van der Waals surface area contributed by atoms with Gasteiger partial charge in [0.2, 0.25) is 10.0 Å².